The van der Waals surface area contributed by atoms with Gasteiger partial charge in [-0.3, -0.25) is 8.74 Å². The molecule has 1 atom stereocenters. The first-order valence-electron chi connectivity index (χ1n) is 0.924. The van der Waals surface area contributed by atoms with Crippen molar-refractivity contribution >= 4 is 11.4 Å². The van der Waals surface area contributed by atoms with Gasteiger partial charge in [0.2, 0.25) is 0 Å². The van der Waals surface area contributed by atoms with Crippen LogP contribution in [0.2, 0.25) is 0 Å². The molecule has 1 unspecified atom stereocenters. The SMILES string of the molecule is COS(=O)O.N. The number of rotatable bonds is 1. The van der Waals surface area contributed by atoms with E-state index in [9.17, 15) is 4.21 Å². The van der Waals surface area contributed by atoms with E-state index in [1.165, 1.54) is 0 Å². The van der Waals surface area contributed by atoms with Crippen LogP contribution in [-0.2, 0) is 15.5 Å². The van der Waals surface area contributed by atoms with E-state index in [1.807, 2.05) is 0 Å². The number of hydrogen-bond donors (Lipinski definition) is 2. The fourth-order valence-electron chi connectivity index (χ4n) is 0. The van der Waals surface area contributed by atoms with Crippen molar-refractivity contribution in [2.24, 2.45) is 0 Å². The van der Waals surface area contributed by atoms with E-state index < -0.39 is 11.4 Å². The molecule has 0 rings (SSSR count). The molecule has 0 radical (unpaired) electrons. The van der Waals surface area contributed by atoms with Gasteiger partial charge in [-0.25, -0.2) is 0 Å². The van der Waals surface area contributed by atoms with Gasteiger partial charge in [-0.2, -0.15) is 4.21 Å². The average molecular weight is 113 g/mol. The highest BCUT2D eigenvalue weighted by atomic mass is 32.2. The van der Waals surface area contributed by atoms with Crippen molar-refractivity contribution in [2.45, 2.75) is 0 Å². The summed E-state index contributed by atoms with van der Waals surface area (Å²) in [6.07, 6.45) is 0. The Bertz CT molecular complexity index is 46.1. The molecule has 6 heavy (non-hydrogen) atoms. The lowest BCUT2D eigenvalue weighted by Crippen LogP contribution is -1.84. The molecule has 0 fully saturated rings. The molecular weight excluding hydrogens is 106 g/mol. The van der Waals surface area contributed by atoms with Crippen LogP contribution in [-0.4, -0.2) is 15.9 Å². The van der Waals surface area contributed by atoms with Crippen LogP contribution in [0.15, 0.2) is 0 Å². The molecule has 5 heteroatoms. The first-order chi connectivity index (χ1) is 2.27. The van der Waals surface area contributed by atoms with Crippen molar-refractivity contribution in [1.29, 1.82) is 0 Å². The zero-order valence-electron chi connectivity index (χ0n) is 3.38. The van der Waals surface area contributed by atoms with Crippen molar-refractivity contribution in [3.63, 3.8) is 0 Å². The molecule has 0 aromatic heterocycles. The van der Waals surface area contributed by atoms with Gasteiger partial charge in [-0.1, -0.05) is 0 Å². The lowest BCUT2D eigenvalue weighted by atomic mass is 11.8. The second-order valence-corrected chi connectivity index (χ2v) is 1.15. The summed E-state index contributed by atoms with van der Waals surface area (Å²) in [4.78, 5) is 0. The van der Waals surface area contributed by atoms with E-state index >= 15 is 0 Å². The highest BCUT2D eigenvalue weighted by molar-refractivity contribution is 7.74. The molecule has 0 aliphatic heterocycles. The van der Waals surface area contributed by atoms with Gasteiger partial charge in [-0.15, -0.1) is 0 Å². The monoisotopic (exact) mass is 113 g/mol. The molecule has 0 saturated heterocycles. The van der Waals surface area contributed by atoms with Crippen molar-refractivity contribution < 1.29 is 12.9 Å². The van der Waals surface area contributed by atoms with E-state index in [4.69, 9.17) is 4.55 Å². The molecule has 0 aromatic carbocycles. The maximum absolute atomic E-state index is 9.26. The standard InChI is InChI=1S/CH4O3S.H3N/c1-4-5(2)3;/h1H3,(H,2,3);1H3. The van der Waals surface area contributed by atoms with E-state index in [0.717, 1.165) is 7.11 Å². The maximum atomic E-state index is 9.26. The van der Waals surface area contributed by atoms with Crippen LogP contribution in [0.3, 0.4) is 0 Å². The summed E-state index contributed by atoms with van der Waals surface area (Å²) in [6.45, 7) is 0. The van der Waals surface area contributed by atoms with Crippen LogP contribution in [0.1, 0.15) is 0 Å². The lowest BCUT2D eigenvalue weighted by molar-refractivity contribution is 0.379. The largest absolute Gasteiger partial charge is 0.344 e. The third kappa shape index (κ3) is 8.98. The Kier molecular flexibility index (Phi) is 7.88. The van der Waals surface area contributed by atoms with Gasteiger partial charge in [0.1, 0.15) is 0 Å². The average Bonchev–Trinajstić information content (AvgIpc) is 1.38. The van der Waals surface area contributed by atoms with Crippen molar-refractivity contribution in [3.8, 4) is 0 Å². The lowest BCUT2D eigenvalue weighted by Gasteiger charge is -1.76. The first kappa shape index (κ1) is 9.39. The zero-order chi connectivity index (χ0) is 4.28. The predicted molar refractivity (Wildman–Crippen MR) is 22.8 cm³/mol. The molecule has 0 aromatic rings. The Morgan fingerprint density at radius 3 is 2.00 bits per heavy atom. The summed E-state index contributed by atoms with van der Waals surface area (Å²) in [5.74, 6) is 0. The van der Waals surface area contributed by atoms with E-state index in [1.54, 1.807) is 0 Å². The van der Waals surface area contributed by atoms with E-state index in [2.05, 4.69) is 4.18 Å². The van der Waals surface area contributed by atoms with Crippen molar-refractivity contribution in [1.82, 2.24) is 6.15 Å². The molecule has 4 N–H and O–H groups in total. The molecule has 0 saturated carbocycles. The fourth-order valence-corrected chi connectivity index (χ4v) is 0. The molecule has 40 valence electrons. The van der Waals surface area contributed by atoms with Crippen LogP contribution in [0.25, 0.3) is 0 Å². The summed E-state index contributed by atoms with van der Waals surface area (Å²) >= 11 is -2.07. The molecule has 0 heterocycles. The summed E-state index contributed by atoms with van der Waals surface area (Å²) in [5.41, 5.74) is 0. The van der Waals surface area contributed by atoms with E-state index in [-0.39, 0.29) is 6.15 Å². The van der Waals surface area contributed by atoms with Gasteiger partial charge in [0.15, 0.2) is 0 Å². The van der Waals surface area contributed by atoms with Crippen LogP contribution < -0.4 is 6.15 Å². The third-order valence-corrected chi connectivity index (χ3v) is 0.428. The normalized spacial score (nSPS) is 12.3. The van der Waals surface area contributed by atoms with Gasteiger partial charge < -0.3 is 6.15 Å². The van der Waals surface area contributed by atoms with Gasteiger partial charge >= 0.3 is 11.4 Å². The third-order valence-electron chi connectivity index (χ3n) is 0.143. The number of hydrogen-bond acceptors (Lipinski definition) is 3. The molecule has 0 bridgehead atoms. The highest BCUT2D eigenvalue weighted by Gasteiger charge is 1.75. The zero-order valence-corrected chi connectivity index (χ0v) is 4.20. The Labute approximate surface area is 38.6 Å². The van der Waals surface area contributed by atoms with Crippen LogP contribution in [0.5, 0.6) is 0 Å². The van der Waals surface area contributed by atoms with Crippen LogP contribution in [0, 0.1) is 0 Å². The second kappa shape index (κ2) is 5.03. The van der Waals surface area contributed by atoms with Gasteiger partial charge in [0, 0.05) is 0 Å². The fraction of sp³-hybridized carbons (Fsp3) is 1.00. The smallest absolute Gasteiger partial charge is 0.301 e. The quantitative estimate of drug-likeness (QED) is 0.466. The first-order valence-corrected chi connectivity index (χ1v) is 1.96. The minimum atomic E-state index is -2.07. The van der Waals surface area contributed by atoms with Crippen molar-refractivity contribution in [3.05, 3.63) is 0 Å². The minimum Gasteiger partial charge on any atom is -0.344 e. The summed E-state index contributed by atoms with van der Waals surface area (Å²) in [6, 6.07) is 0. The Balaban J connectivity index is 0. The highest BCUT2D eigenvalue weighted by Crippen LogP contribution is 1.64. The van der Waals surface area contributed by atoms with Gasteiger partial charge in [-0.05, 0) is 0 Å². The van der Waals surface area contributed by atoms with Crippen LogP contribution in [0.4, 0.5) is 0 Å². The Morgan fingerprint density at radius 1 is 1.83 bits per heavy atom. The summed E-state index contributed by atoms with van der Waals surface area (Å²) < 4.78 is 20.6. The van der Waals surface area contributed by atoms with Crippen LogP contribution >= 0.6 is 0 Å². The summed E-state index contributed by atoms with van der Waals surface area (Å²) in [7, 11) is 1.15. The van der Waals surface area contributed by atoms with E-state index in [0.29, 0.717) is 0 Å². The molecule has 4 nitrogen and oxygen atoms in total. The molecule has 0 aliphatic carbocycles. The van der Waals surface area contributed by atoms with Gasteiger partial charge in [0.25, 0.3) is 0 Å². The minimum absolute atomic E-state index is 0. The topological polar surface area (TPSA) is 81.5 Å². The van der Waals surface area contributed by atoms with Gasteiger partial charge in [0.05, 0.1) is 7.11 Å². The molecule has 0 spiro atoms. The second-order valence-electron chi connectivity index (χ2n) is 0.384. The maximum Gasteiger partial charge on any atom is 0.301 e. The Morgan fingerprint density at radius 2 is 2.00 bits per heavy atom. The molecule has 0 amide bonds. The molecular formula is CH7NO3S. The summed E-state index contributed by atoms with van der Waals surface area (Å²) in [5, 5.41) is 0. The molecule has 0 aliphatic rings. The Hall–Kier alpha value is 0.0300. The van der Waals surface area contributed by atoms with Crippen molar-refractivity contribution in [2.75, 3.05) is 7.11 Å². The predicted octanol–water partition coefficient (Wildman–Crippen LogP) is -0.0685.